The monoisotopic (exact) mass is 434 g/mol. The molecule has 1 aromatic carbocycles. The Labute approximate surface area is 186 Å². The van der Waals surface area contributed by atoms with Gasteiger partial charge in [0.2, 0.25) is 0 Å². The molecular weight excluding hydrogens is 396 g/mol. The van der Waals surface area contributed by atoms with Gasteiger partial charge in [0, 0.05) is 26.1 Å². The van der Waals surface area contributed by atoms with Crippen LogP contribution in [-0.2, 0) is 26.2 Å². The van der Waals surface area contributed by atoms with Crippen LogP contribution in [0.4, 0.5) is 0 Å². The molecule has 0 radical (unpaired) electrons. The maximum atomic E-state index is 10.4. The van der Waals surface area contributed by atoms with Gasteiger partial charge in [-0.1, -0.05) is 31.9 Å². The summed E-state index contributed by atoms with van der Waals surface area (Å²) in [4.78, 5) is 0. The van der Waals surface area contributed by atoms with Gasteiger partial charge in [-0.25, -0.2) is 0 Å². The lowest BCUT2D eigenvalue weighted by Crippen LogP contribution is -2.23. The van der Waals surface area contributed by atoms with Crippen LogP contribution >= 0.6 is 0 Å². The molecule has 174 valence electrons. The number of methoxy groups -OCH3 is 2. The van der Waals surface area contributed by atoms with Gasteiger partial charge >= 0.3 is 0 Å². The largest absolute Gasteiger partial charge is 0.467 e. The van der Waals surface area contributed by atoms with E-state index in [1.807, 2.05) is 13.8 Å². The van der Waals surface area contributed by atoms with Crippen molar-refractivity contribution in [2.75, 3.05) is 27.8 Å². The molecule has 0 amide bonds. The van der Waals surface area contributed by atoms with E-state index in [9.17, 15) is 5.11 Å². The van der Waals surface area contributed by atoms with E-state index in [0.717, 1.165) is 42.4 Å². The van der Waals surface area contributed by atoms with Crippen molar-refractivity contribution >= 4 is 0 Å². The molecule has 1 aromatic rings. The van der Waals surface area contributed by atoms with Gasteiger partial charge in [0.25, 0.3) is 0 Å². The number of hydrogen-bond donors (Lipinski definition) is 1. The van der Waals surface area contributed by atoms with Crippen molar-refractivity contribution in [3.8, 4) is 11.5 Å². The maximum Gasteiger partial charge on any atom is 0.188 e. The summed E-state index contributed by atoms with van der Waals surface area (Å²) in [5.74, 6) is 1.53. The Hall–Kier alpha value is -1.60. The quantitative estimate of drug-likeness (QED) is 0.212. The first-order chi connectivity index (χ1) is 14.9. The Bertz CT molecular complexity index is 731. The van der Waals surface area contributed by atoms with E-state index in [0.29, 0.717) is 11.5 Å². The normalized spacial score (nSPS) is 27.6. The molecule has 31 heavy (non-hydrogen) atoms. The second kappa shape index (κ2) is 10.3. The second-order valence-electron chi connectivity index (χ2n) is 8.90. The molecule has 2 fully saturated rings. The zero-order valence-corrected chi connectivity index (χ0v) is 19.6. The molecule has 1 aliphatic heterocycles. The highest BCUT2D eigenvalue weighted by molar-refractivity contribution is 5.56. The lowest BCUT2D eigenvalue weighted by atomic mass is 9.82. The third kappa shape index (κ3) is 4.77. The second-order valence-corrected chi connectivity index (χ2v) is 8.90. The van der Waals surface area contributed by atoms with Crippen LogP contribution < -0.4 is 9.47 Å². The number of aliphatic hydroxyl groups excluding tert-OH is 1. The molecule has 6 heteroatoms. The molecule has 6 nitrogen and oxygen atoms in total. The summed E-state index contributed by atoms with van der Waals surface area (Å²) in [6.07, 6.45) is 4.64. The summed E-state index contributed by atoms with van der Waals surface area (Å²) < 4.78 is 29.0. The number of aryl methyl sites for hydroxylation is 1. The van der Waals surface area contributed by atoms with Crippen LogP contribution in [0.15, 0.2) is 24.3 Å². The number of rotatable bonds is 13. The zero-order chi connectivity index (χ0) is 22.6. The van der Waals surface area contributed by atoms with Crippen molar-refractivity contribution in [2.45, 2.75) is 70.7 Å². The fraction of sp³-hybridized carbons (Fsp3) is 0.680. The third-order valence-electron chi connectivity index (χ3n) is 6.57. The Kier molecular flexibility index (Phi) is 8.03. The summed E-state index contributed by atoms with van der Waals surface area (Å²) in [6.45, 7) is 10.6. The van der Waals surface area contributed by atoms with E-state index in [1.165, 1.54) is 6.42 Å². The number of benzene rings is 1. The van der Waals surface area contributed by atoms with Crippen molar-refractivity contribution in [1.29, 1.82) is 0 Å². The summed E-state index contributed by atoms with van der Waals surface area (Å²) in [5, 5.41) is 10.4. The molecule has 1 N–H and O–H groups in total. The van der Waals surface area contributed by atoms with E-state index in [4.69, 9.17) is 23.7 Å². The van der Waals surface area contributed by atoms with E-state index < -0.39 is 11.7 Å². The smallest absolute Gasteiger partial charge is 0.188 e. The van der Waals surface area contributed by atoms with Crippen molar-refractivity contribution in [3.05, 3.63) is 35.4 Å². The van der Waals surface area contributed by atoms with E-state index >= 15 is 0 Å². The highest BCUT2D eigenvalue weighted by atomic mass is 16.7. The molecule has 5 atom stereocenters. The molecule has 1 heterocycles. The molecule has 0 aromatic heterocycles. The molecule has 0 bridgehead atoms. The van der Waals surface area contributed by atoms with Crippen molar-refractivity contribution in [2.24, 2.45) is 11.8 Å². The van der Waals surface area contributed by atoms with Gasteiger partial charge in [0.1, 0.15) is 17.1 Å². The van der Waals surface area contributed by atoms with Crippen molar-refractivity contribution in [3.63, 3.8) is 0 Å². The number of aliphatic hydroxyl groups is 1. The van der Waals surface area contributed by atoms with Crippen LogP contribution in [0.3, 0.4) is 0 Å². The average molecular weight is 435 g/mol. The Morgan fingerprint density at radius 3 is 2.29 bits per heavy atom. The molecular formula is C25H38O6. The number of ether oxygens (including phenoxy) is 5. The first kappa shape index (κ1) is 24.1. The molecule has 1 unspecified atom stereocenters. The zero-order valence-electron chi connectivity index (χ0n) is 19.6. The molecule has 1 saturated heterocycles. The average Bonchev–Trinajstić information content (AvgIpc) is 3.36. The summed E-state index contributed by atoms with van der Waals surface area (Å²) >= 11 is 0. The Morgan fingerprint density at radius 2 is 1.81 bits per heavy atom. The Balaban J connectivity index is 2.08. The third-order valence-corrected chi connectivity index (χ3v) is 6.57. The summed E-state index contributed by atoms with van der Waals surface area (Å²) in [5.41, 5.74) is 2.46. The fourth-order valence-corrected chi connectivity index (χ4v) is 5.05. The van der Waals surface area contributed by atoms with Gasteiger partial charge in [-0.2, -0.15) is 0 Å². The number of unbranched alkanes of at least 4 members (excludes halogenated alkanes) is 2. The van der Waals surface area contributed by atoms with Crippen LogP contribution in [0.1, 0.15) is 57.6 Å². The molecule has 1 saturated carbocycles. The number of hydrogen-bond acceptors (Lipinski definition) is 6. The lowest BCUT2D eigenvalue weighted by Gasteiger charge is -2.27. The number of fused-ring (bicyclic) bond motifs is 1. The maximum absolute atomic E-state index is 10.4. The summed E-state index contributed by atoms with van der Waals surface area (Å²) in [6, 6.07) is 4.17. The van der Waals surface area contributed by atoms with Gasteiger partial charge in [0.05, 0.1) is 17.8 Å². The molecule has 0 spiro atoms. The minimum Gasteiger partial charge on any atom is -0.467 e. The first-order valence-corrected chi connectivity index (χ1v) is 11.3. The van der Waals surface area contributed by atoms with Crippen LogP contribution in [0.5, 0.6) is 11.5 Å². The first-order valence-electron chi connectivity index (χ1n) is 11.3. The fourth-order valence-electron chi connectivity index (χ4n) is 5.05. The number of epoxide rings is 1. The highest BCUT2D eigenvalue weighted by Crippen LogP contribution is 2.68. The molecule has 2 aliphatic rings. The van der Waals surface area contributed by atoms with Gasteiger partial charge in [0.15, 0.2) is 13.6 Å². The molecule has 1 aliphatic carbocycles. The van der Waals surface area contributed by atoms with E-state index in [1.54, 1.807) is 14.2 Å². The SMILES string of the molecule is C=C(C)[C@@H]1C[C@@H](C(C)O)[C@H]2O[C@]21c1c(OCOC)cc(CCCCC)cc1OCOC. The topological polar surface area (TPSA) is 69.7 Å². The standard InChI is InChI=1S/C25H38O6/c1-7-8-9-10-18-11-21(29-14-27-5)23(22(12-18)30-15-28-6)25-20(16(2)3)13-19(17(4)26)24(25)31-25/h11-12,17,19-20,24,26H,2,7-10,13-15H2,1,3-6H3/t17?,19-,20-,24+,25+/m0/s1. The predicted octanol–water partition coefficient (Wildman–Crippen LogP) is 4.57. The van der Waals surface area contributed by atoms with Gasteiger partial charge in [-0.05, 0) is 50.8 Å². The van der Waals surface area contributed by atoms with E-state index in [-0.39, 0.29) is 31.5 Å². The minimum absolute atomic E-state index is 0.0384. The van der Waals surface area contributed by atoms with Crippen molar-refractivity contribution < 1.29 is 28.8 Å². The van der Waals surface area contributed by atoms with Crippen LogP contribution in [0.2, 0.25) is 0 Å². The van der Waals surface area contributed by atoms with E-state index in [2.05, 4.69) is 25.6 Å². The summed E-state index contributed by atoms with van der Waals surface area (Å²) in [7, 11) is 3.22. The minimum atomic E-state index is -0.610. The Morgan fingerprint density at radius 1 is 1.19 bits per heavy atom. The van der Waals surface area contributed by atoms with Crippen LogP contribution in [0.25, 0.3) is 0 Å². The van der Waals surface area contributed by atoms with Crippen LogP contribution in [0, 0.1) is 11.8 Å². The molecule has 3 rings (SSSR count). The van der Waals surface area contributed by atoms with Gasteiger partial charge < -0.3 is 28.8 Å². The lowest BCUT2D eigenvalue weighted by molar-refractivity contribution is 0.0404. The van der Waals surface area contributed by atoms with Gasteiger partial charge in [-0.15, -0.1) is 0 Å². The van der Waals surface area contributed by atoms with Crippen molar-refractivity contribution in [1.82, 2.24) is 0 Å². The predicted molar refractivity (Wildman–Crippen MR) is 119 cm³/mol. The van der Waals surface area contributed by atoms with Crippen LogP contribution in [-0.4, -0.2) is 45.1 Å². The van der Waals surface area contributed by atoms with Gasteiger partial charge in [-0.3, -0.25) is 0 Å². The highest BCUT2D eigenvalue weighted by Gasteiger charge is 2.72.